The summed E-state index contributed by atoms with van der Waals surface area (Å²) in [6, 6.07) is 3.54. The van der Waals surface area contributed by atoms with E-state index >= 15 is 0 Å². The van der Waals surface area contributed by atoms with E-state index in [0.717, 1.165) is 12.1 Å². The molecular formula is C11H13F3N2. The van der Waals surface area contributed by atoms with E-state index in [4.69, 9.17) is 5.73 Å². The number of anilines is 1. The molecule has 16 heavy (non-hydrogen) atoms. The van der Waals surface area contributed by atoms with Crippen LogP contribution in [0.3, 0.4) is 0 Å². The zero-order valence-electron chi connectivity index (χ0n) is 8.81. The van der Waals surface area contributed by atoms with Gasteiger partial charge in [-0.15, -0.1) is 0 Å². The number of nitrogens with one attached hydrogen (secondary N) is 1. The highest BCUT2D eigenvalue weighted by Crippen LogP contribution is 2.36. The first-order chi connectivity index (χ1) is 7.38. The van der Waals surface area contributed by atoms with Crippen LogP contribution in [0.4, 0.5) is 18.9 Å². The summed E-state index contributed by atoms with van der Waals surface area (Å²) in [5.74, 6) is 0. The molecular weight excluding hydrogens is 217 g/mol. The topological polar surface area (TPSA) is 38.0 Å². The van der Waals surface area contributed by atoms with Gasteiger partial charge in [0.05, 0.1) is 5.56 Å². The highest BCUT2D eigenvalue weighted by atomic mass is 19.4. The number of alkyl halides is 3. The largest absolute Gasteiger partial charge is 0.416 e. The predicted octanol–water partition coefficient (Wildman–Crippen LogP) is 2.91. The molecule has 1 aromatic carbocycles. The van der Waals surface area contributed by atoms with Crippen LogP contribution in [0.1, 0.15) is 30.5 Å². The van der Waals surface area contributed by atoms with Gasteiger partial charge in [-0.05, 0) is 37.1 Å². The van der Waals surface area contributed by atoms with Gasteiger partial charge in [-0.2, -0.15) is 13.2 Å². The molecule has 88 valence electrons. The second kappa shape index (κ2) is 3.66. The molecule has 2 nitrogen and oxygen atoms in total. The molecule has 3 N–H and O–H groups in total. The molecule has 0 radical (unpaired) electrons. The van der Waals surface area contributed by atoms with Gasteiger partial charge < -0.3 is 11.1 Å². The maximum absolute atomic E-state index is 12.5. The van der Waals surface area contributed by atoms with E-state index in [9.17, 15) is 13.2 Å². The van der Waals surface area contributed by atoms with Gasteiger partial charge in [0.2, 0.25) is 0 Å². The number of fused-ring (bicyclic) bond motifs is 1. The van der Waals surface area contributed by atoms with Gasteiger partial charge in [0.25, 0.3) is 0 Å². The van der Waals surface area contributed by atoms with Crippen LogP contribution in [0, 0.1) is 0 Å². The van der Waals surface area contributed by atoms with Crippen molar-refractivity contribution in [1.82, 2.24) is 0 Å². The molecule has 0 spiro atoms. The summed E-state index contributed by atoms with van der Waals surface area (Å²) in [6.07, 6.45) is -3.66. The van der Waals surface area contributed by atoms with Gasteiger partial charge in [0.1, 0.15) is 0 Å². The van der Waals surface area contributed by atoms with E-state index in [-0.39, 0.29) is 12.1 Å². The minimum atomic E-state index is -4.31. The molecule has 5 heteroatoms. The lowest BCUT2D eigenvalue weighted by molar-refractivity contribution is -0.137. The lowest BCUT2D eigenvalue weighted by Crippen LogP contribution is -2.29. The van der Waals surface area contributed by atoms with E-state index in [1.807, 2.05) is 6.92 Å². The van der Waals surface area contributed by atoms with Gasteiger partial charge >= 0.3 is 6.18 Å². The fourth-order valence-electron chi connectivity index (χ4n) is 2.01. The summed E-state index contributed by atoms with van der Waals surface area (Å²) >= 11 is 0. The van der Waals surface area contributed by atoms with Crippen LogP contribution in [-0.4, -0.2) is 6.04 Å². The highest BCUT2D eigenvalue weighted by Gasteiger charge is 2.32. The van der Waals surface area contributed by atoms with Gasteiger partial charge in [-0.3, -0.25) is 0 Å². The number of benzene rings is 1. The van der Waals surface area contributed by atoms with Crippen molar-refractivity contribution in [2.45, 2.75) is 31.6 Å². The Hall–Kier alpha value is -1.23. The minimum Gasteiger partial charge on any atom is -0.382 e. The van der Waals surface area contributed by atoms with E-state index in [1.165, 1.54) is 6.07 Å². The van der Waals surface area contributed by atoms with E-state index in [0.29, 0.717) is 17.7 Å². The molecule has 0 aromatic heterocycles. The van der Waals surface area contributed by atoms with Crippen molar-refractivity contribution in [1.29, 1.82) is 0 Å². The van der Waals surface area contributed by atoms with Crippen LogP contribution in [-0.2, 0) is 6.18 Å². The lowest BCUT2D eigenvalue weighted by atomic mass is 9.93. The van der Waals surface area contributed by atoms with Crippen molar-refractivity contribution in [3.05, 3.63) is 29.3 Å². The maximum atomic E-state index is 12.5. The van der Waals surface area contributed by atoms with Crippen molar-refractivity contribution in [2.75, 3.05) is 5.32 Å². The molecule has 1 aromatic rings. The van der Waals surface area contributed by atoms with Crippen LogP contribution in [0.2, 0.25) is 0 Å². The lowest BCUT2D eigenvalue weighted by Gasteiger charge is -2.29. The Morgan fingerprint density at radius 2 is 2.06 bits per heavy atom. The van der Waals surface area contributed by atoms with E-state index in [2.05, 4.69) is 5.32 Å². The molecule has 0 unspecified atom stereocenters. The van der Waals surface area contributed by atoms with Gasteiger partial charge in [0.15, 0.2) is 0 Å². The number of rotatable bonds is 0. The third-order valence-electron chi connectivity index (χ3n) is 2.79. The number of nitrogens with two attached hydrogens (primary N) is 1. The summed E-state index contributed by atoms with van der Waals surface area (Å²) in [4.78, 5) is 0. The van der Waals surface area contributed by atoms with Crippen LogP contribution < -0.4 is 11.1 Å². The van der Waals surface area contributed by atoms with Crippen LogP contribution in [0.25, 0.3) is 0 Å². The molecule has 0 amide bonds. The average Bonchev–Trinajstić information content (AvgIpc) is 2.15. The average molecular weight is 230 g/mol. The fourth-order valence-corrected chi connectivity index (χ4v) is 2.01. The Morgan fingerprint density at radius 1 is 1.38 bits per heavy atom. The summed E-state index contributed by atoms with van der Waals surface area (Å²) in [5, 5.41) is 3.12. The molecule has 0 aliphatic carbocycles. The summed E-state index contributed by atoms with van der Waals surface area (Å²) in [5.41, 5.74) is 6.46. The van der Waals surface area contributed by atoms with E-state index < -0.39 is 11.7 Å². The molecule has 0 bridgehead atoms. The van der Waals surface area contributed by atoms with Crippen LogP contribution in [0.5, 0.6) is 0 Å². The molecule has 2 atom stereocenters. The first-order valence-corrected chi connectivity index (χ1v) is 5.11. The van der Waals surface area contributed by atoms with Crippen molar-refractivity contribution in [2.24, 2.45) is 5.73 Å². The van der Waals surface area contributed by atoms with Crippen molar-refractivity contribution < 1.29 is 13.2 Å². The summed E-state index contributed by atoms with van der Waals surface area (Å²) in [6.45, 7) is 1.96. The summed E-state index contributed by atoms with van der Waals surface area (Å²) < 4.78 is 37.5. The Labute approximate surface area is 91.6 Å². The first-order valence-electron chi connectivity index (χ1n) is 5.11. The predicted molar refractivity (Wildman–Crippen MR) is 56.1 cm³/mol. The van der Waals surface area contributed by atoms with Gasteiger partial charge in [-0.1, -0.05) is 0 Å². The van der Waals surface area contributed by atoms with Crippen LogP contribution >= 0.6 is 0 Å². The SMILES string of the molecule is C[C@@H]1C[C@H](N)c2cc(C(F)(F)F)ccc2N1. The molecule has 2 rings (SSSR count). The fraction of sp³-hybridized carbons (Fsp3) is 0.455. The third kappa shape index (κ3) is 2.00. The van der Waals surface area contributed by atoms with Gasteiger partial charge in [-0.25, -0.2) is 0 Å². The first kappa shape index (κ1) is 11.3. The second-order valence-corrected chi connectivity index (χ2v) is 4.19. The number of halogens is 3. The maximum Gasteiger partial charge on any atom is 0.416 e. The Balaban J connectivity index is 2.42. The normalized spacial score (nSPS) is 24.8. The van der Waals surface area contributed by atoms with Crippen LogP contribution in [0.15, 0.2) is 18.2 Å². The highest BCUT2D eigenvalue weighted by molar-refractivity contribution is 5.57. The second-order valence-electron chi connectivity index (χ2n) is 4.19. The Kier molecular flexibility index (Phi) is 2.58. The molecule has 1 heterocycles. The third-order valence-corrected chi connectivity index (χ3v) is 2.79. The smallest absolute Gasteiger partial charge is 0.382 e. The summed E-state index contributed by atoms with van der Waals surface area (Å²) in [7, 11) is 0. The molecule has 0 saturated heterocycles. The quantitative estimate of drug-likeness (QED) is 0.719. The Morgan fingerprint density at radius 3 is 2.69 bits per heavy atom. The zero-order chi connectivity index (χ0) is 11.9. The van der Waals surface area contributed by atoms with E-state index in [1.54, 1.807) is 0 Å². The molecule has 1 aliphatic rings. The van der Waals surface area contributed by atoms with Crippen molar-refractivity contribution >= 4 is 5.69 Å². The molecule has 0 saturated carbocycles. The minimum absolute atomic E-state index is 0.194. The standard InChI is InChI=1S/C11H13F3N2/c1-6-4-9(15)8-5-7(11(12,13)14)2-3-10(8)16-6/h2-3,5-6,9,16H,4,15H2,1H3/t6-,9+/m1/s1. The van der Waals surface area contributed by atoms with Crippen molar-refractivity contribution in [3.8, 4) is 0 Å². The zero-order valence-corrected chi connectivity index (χ0v) is 8.81. The number of hydrogen-bond donors (Lipinski definition) is 2. The van der Waals surface area contributed by atoms with Gasteiger partial charge in [0, 0.05) is 17.8 Å². The monoisotopic (exact) mass is 230 g/mol. The number of hydrogen-bond acceptors (Lipinski definition) is 2. The molecule has 1 aliphatic heterocycles. The molecule has 0 fully saturated rings. The van der Waals surface area contributed by atoms with Crippen molar-refractivity contribution in [3.63, 3.8) is 0 Å². The Bertz CT molecular complexity index is 401.